The van der Waals surface area contributed by atoms with Gasteiger partial charge in [0, 0.05) is 5.56 Å². The summed E-state index contributed by atoms with van der Waals surface area (Å²) in [6.45, 7) is 1.51. The van der Waals surface area contributed by atoms with Gasteiger partial charge in [-0.05, 0) is 19.1 Å². The monoisotopic (exact) mass is 307 g/mol. The van der Waals surface area contributed by atoms with E-state index in [0.29, 0.717) is 0 Å². The second kappa shape index (κ2) is 4.89. The molecule has 21 heavy (non-hydrogen) atoms. The number of nitrogens with zero attached hydrogens (tertiary/aromatic N) is 3. The third kappa shape index (κ3) is 2.08. The van der Waals surface area contributed by atoms with Crippen LogP contribution in [0.5, 0.6) is 0 Å². The Morgan fingerprint density at radius 3 is 2.71 bits per heavy atom. The molecule has 0 unspecified atom stereocenters. The van der Waals surface area contributed by atoms with Gasteiger partial charge in [0.2, 0.25) is 0 Å². The third-order valence-corrected chi connectivity index (χ3v) is 3.51. The van der Waals surface area contributed by atoms with Gasteiger partial charge in [-0.1, -0.05) is 11.6 Å². The lowest BCUT2D eigenvalue weighted by molar-refractivity contribution is 0.609. The summed E-state index contributed by atoms with van der Waals surface area (Å²) in [6.07, 6.45) is 3.51. The van der Waals surface area contributed by atoms with Gasteiger partial charge < -0.3 is 0 Å². The fourth-order valence-electron chi connectivity index (χ4n) is 2.06. The minimum atomic E-state index is -0.646. The van der Waals surface area contributed by atoms with E-state index < -0.39 is 17.2 Å². The molecule has 0 fully saturated rings. The van der Waals surface area contributed by atoms with Crippen LogP contribution in [0.1, 0.15) is 5.56 Å². The van der Waals surface area contributed by atoms with E-state index >= 15 is 0 Å². The van der Waals surface area contributed by atoms with E-state index in [1.54, 1.807) is 0 Å². The standard InChI is InChI=1S/C14H8ClF2N3O/c1-7-10(17)4-18-5-11(7)20-6-19-13-9(16)3-2-8(15)12(13)14(20)21/h2-6H,1H3. The minimum Gasteiger partial charge on any atom is -0.268 e. The van der Waals surface area contributed by atoms with E-state index in [1.165, 1.54) is 19.2 Å². The van der Waals surface area contributed by atoms with Crippen molar-refractivity contribution >= 4 is 22.5 Å². The van der Waals surface area contributed by atoms with E-state index in [9.17, 15) is 13.6 Å². The quantitative estimate of drug-likeness (QED) is 0.694. The van der Waals surface area contributed by atoms with Gasteiger partial charge in [-0.2, -0.15) is 0 Å². The molecule has 2 aromatic heterocycles. The van der Waals surface area contributed by atoms with Crippen molar-refractivity contribution in [2.45, 2.75) is 6.92 Å². The highest BCUT2D eigenvalue weighted by Crippen LogP contribution is 2.22. The third-order valence-electron chi connectivity index (χ3n) is 3.20. The predicted octanol–water partition coefficient (Wildman–Crippen LogP) is 3.02. The second-order valence-electron chi connectivity index (χ2n) is 4.44. The molecule has 106 valence electrons. The lowest BCUT2D eigenvalue weighted by atomic mass is 10.2. The van der Waals surface area contributed by atoms with E-state index in [1.807, 2.05) is 0 Å². The fourth-order valence-corrected chi connectivity index (χ4v) is 2.30. The average molecular weight is 308 g/mol. The molecule has 0 aliphatic rings. The zero-order valence-electron chi connectivity index (χ0n) is 10.8. The van der Waals surface area contributed by atoms with Gasteiger partial charge in [-0.25, -0.2) is 13.8 Å². The van der Waals surface area contributed by atoms with Crippen LogP contribution in [0.3, 0.4) is 0 Å². The van der Waals surface area contributed by atoms with Crippen LogP contribution in [0.4, 0.5) is 8.78 Å². The SMILES string of the molecule is Cc1c(F)cncc1-n1cnc2c(F)ccc(Cl)c2c1=O. The first kappa shape index (κ1) is 13.6. The van der Waals surface area contributed by atoms with Crippen molar-refractivity contribution < 1.29 is 8.78 Å². The highest BCUT2D eigenvalue weighted by atomic mass is 35.5. The molecule has 0 radical (unpaired) electrons. The summed E-state index contributed by atoms with van der Waals surface area (Å²) in [5.74, 6) is -1.20. The number of benzene rings is 1. The Bertz CT molecular complexity index is 924. The minimum absolute atomic E-state index is 0.0529. The second-order valence-corrected chi connectivity index (χ2v) is 4.85. The predicted molar refractivity (Wildman–Crippen MR) is 74.8 cm³/mol. The molecule has 0 aliphatic heterocycles. The molecular formula is C14H8ClF2N3O. The van der Waals surface area contributed by atoms with Crippen LogP contribution in [0.2, 0.25) is 5.02 Å². The lowest BCUT2D eigenvalue weighted by Crippen LogP contribution is -2.21. The largest absolute Gasteiger partial charge is 0.268 e. The highest BCUT2D eigenvalue weighted by molar-refractivity contribution is 6.35. The van der Waals surface area contributed by atoms with Crippen molar-refractivity contribution in [3.8, 4) is 5.69 Å². The molecule has 0 atom stereocenters. The first-order chi connectivity index (χ1) is 10.0. The normalized spacial score (nSPS) is 11.0. The number of aromatic nitrogens is 3. The molecule has 3 aromatic rings. The Morgan fingerprint density at radius 2 is 1.95 bits per heavy atom. The summed E-state index contributed by atoms with van der Waals surface area (Å²) in [7, 11) is 0. The number of fused-ring (bicyclic) bond motifs is 1. The molecule has 0 bridgehead atoms. The van der Waals surface area contributed by atoms with Crippen molar-refractivity contribution in [3.05, 3.63) is 63.4 Å². The number of hydrogen-bond acceptors (Lipinski definition) is 3. The molecular weight excluding hydrogens is 300 g/mol. The first-order valence-electron chi connectivity index (χ1n) is 5.96. The Kier molecular flexibility index (Phi) is 3.17. The van der Waals surface area contributed by atoms with Gasteiger partial charge >= 0.3 is 0 Å². The molecule has 0 saturated carbocycles. The van der Waals surface area contributed by atoms with E-state index in [2.05, 4.69) is 9.97 Å². The topological polar surface area (TPSA) is 47.8 Å². The van der Waals surface area contributed by atoms with Crippen molar-refractivity contribution in [2.24, 2.45) is 0 Å². The summed E-state index contributed by atoms with van der Waals surface area (Å²) in [4.78, 5) is 20.1. The Labute approximate surface area is 122 Å². The smallest absolute Gasteiger partial charge is 0.267 e. The summed E-state index contributed by atoms with van der Waals surface area (Å²) < 4.78 is 28.3. The van der Waals surface area contributed by atoms with Crippen LogP contribution < -0.4 is 5.56 Å². The molecule has 7 heteroatoms. The van der Waals surface area contributed by atoms with E-state index in [4.69, 9.17) is 11.6 Å². The summed E-state index contributed by atoms with van der Waals surface area (Å²) in [6, 6.07) is 2.42. The van der Waals surface area contributed by atoms with Gasteiger partial charge in [0.05, 0.1) is 28.5 Å². The molecule has 0 saturated heterocycles. The van der Waals surface area contributed by atoms with Crippen LogP contribution in [0, 0.1) is 18.6 Å². The van der Waals surface area contributed by atoms with Crippen molar-refractivity contribution in [1.82, 2.24) is 14.5 Å². The Hall–Kier alpha value is -2.34. The van der Waals surface area contributed by atoms with Crippen molar-refractivity contribution in [2.75, 3.05) is 0 Å². The molecule has 4 nitrogen and oxygen atoms in total. The number of rotatable bonds is 1. The van der Waals surface area contributed by atoms with Gasteiger partial charge in [0.1, 0.15) is 23.5 Å². The molecule has 1 aromatic carbocycles. The zero-order chi connectivity index (χ0) is 15.1. The molecule has 0 aliphatic carbocycles. The average Bonchev–Trinajstić information content (AvgIpc) is 2.46. The van der Waals surface area contributed by atoms with Crippen LogP contribution in [-0.4, -0.2) is 14.5 Å². The molecule has 0 spiro atoms. The summed E-state index contributed by atoms with van der Waals surface area (Å²) in [5, 5.41) is 0.0306. The van der Waals surface area contributed by atoms with Crippen LogP contribution in [0.15, 0.2) is 35.6 Å². The zero-order valence-corrected chi connectivity index (χ0v) is 11.5. The Balaban J connectivity index is 2.41. The Morgan fingerprint density at radius 1 is 1.19 bits per heavy atom. The van der Waals surface area contributed by atoms with Crippen LogP contribution >= 0.6 is 11.6 Å². The number of halogens is 3. The first-order valence-corrected chi connectivity index (χ1v) is 6.34. The molecule has 0 amide bonds. The molecule has 2 heterocycles. The number of pyridine rings is 1. The van der Waals surface area contributed by atoms with Crippen LogP contribution in [-0.2, 0) is 0 Å². The van der Waals surface area contributed by atoms with E-state index in [0.717, 1.165) is 23.2 Å². The number of hydrogen-bond donors (Lipinski definition) is 0. The maximum Gasteiger partial charge on any atom is 0.267 e. The van der Waals surface area contributed by atoms with Crippen molar-refractivity contribution in [1.29, 1.82) is 0 Å². The van der Waals surface area contributed by atoms with E-state index in [-0.39, 0.29) is 27.2 Å². The highest BCUT2D eigenvalue weighted by Gasteiger charge is 2.15. The molecule has 3 rings (SSSR count). The summed E-state index contributed by atoms with van der Waals surface area (Å²) >= 11 is 5.96. The van der Waals surface area contributed by atoms with Crippen molar-refractivity contribution in [3.63, 3.8) is 0 Å². The maximum atomic E-state index is 13.7. The van der Waals surface area contributed by atoms with Gasteiger partial charge in [0.25, 0.3) is 5.56 Å². The van der Waals surface area contributed by atoms with Gasteiger partial charge in [-0.3, -0.25) is 14.3 Å². The van der Waals surface area contributed by atoms with Crippen LogP contribution in [0.25, 0.3) is 16.6 Å². The lowest BCUT2D eigenvalue weighted by Gasteiger charge is -2.10. The van der Waals surface area contributed by atoms with Gasteiger partial charge in [-0.15, -0.1) is 0 Å². The maximum absolute atomic E-state index is 13.7. The van der Waals surface area contributed by atoms with Gasteiger partial charge in [0.15, 0.2) is 0 Å². The summed E-state index contributed by atoms with van der Waals surface area (Å²) in [5.41, 5.74) is -0.235. The fraction of sp³-hybridized carbons (Fsp3) is 0.0714. The molecule has 0 N–H and O–H groups in total.